The van der Waals surface area contributed by atoms with Gasteiger partial charge in [0.2, 0.25) is 0 Å². The summed E-state index contributed by atoms with van der Waals surface area (Å²) >= 11 is 1.62. The number of para-hydroxylation sites is 1. The number of thiophene rings is 1. The molecule has 0 saturated carbocycles. The summed E-state index contributed by atoms with van der Waals surface area (Å²) in [6.07, 6.45) is 1.73. The first kappa shape index (κ1) is 18.6. The van der Waals surface area contributed by atoms with Crippen molar-refractivity contribution in [2.45, 2.75) is 13.5 Å². The number of aromatic nitrogens is 3. The number of benzene rings is 1. The summed E-state index contributed by atoms with van der Waals surface area (Å²) < 4.78 is 22.2. The molecule has 1 aliphatic heterocycles. The fourth-order valence-corrected chi connectivity index (χ4v) is 4.70. The number of nitrogens with one attached hydrogen (secondary N) is 2. The zero-order valence-electron chi connectivity index (χ0n) is 16.3. The van der Waals surface area contributed by atoms with Crippen LogP contribution in [-0.4, -0.2) is 34.3 Å². The Morgan fingerprint density at radius 1 is 1.33 bits per heavy atom. The van der Waals surface area contributed by atoms with E-state index in [0.29, 0.717) is 35.9 Å². The number of ether oxygens (including phenoxy) is 1. The van der Waals surface area contributed by atoms with Crippen molar-refractivity contribution in [2.75, 3.05) is 19.0 Å². The Morgan fingerprint density at radius 3 is 3.03 bits per heavy atom. The maximum Gasteiger partial charge on any atom is 0.271 e. The number of hydrogen-bond acceptors (Lipinski definition) is 6. The van der Waals surface area contributed by atoms with Gasteiger partial charge in [-0.25, -0.2) is 4.39 Å². The van der Waals surface area contributed by atoms with Crippen molar-refractivity contribution in [3.8, 4) is 17.0 Å². The zero-order chi connectivity index (χ0) is 20.8. The van der Waals surface area contributed by atoms with Crippen molar-refractivity contribution in [1.29, 1.82) is 0 Å². The van der Waals surface area contributed by atoms with Gasteiger partial charge in [-0.05, 0) is 31.2 Å². The highest BCUT2D eigenvalue weighted by atomic mass is 32.1. The van der Waals surface area contributed by atoms with Crippen LogP contribution in [0.2, 0.25) is 0 Å². The highest BCUT2D eigenvalue weighted by Gasteiger charge is 2.29. The maximum absolute atomic E-state index is 14.3. The van der Waals surface area contributed by atoms with E-state index in [4.69, 9.17) is 9.84 Å². The molecule has 0 spiro atoms. The number of nitrogens with zero attached hydrogens (tertiary/aromatic N) is 3. The summed E-state index contributed by atoms with van der Waals surface area (Å²) in [7, 11) is 1.41. The Bertz CT molecular complexity index is 1300. The predicted molar refractivity (Wildman–Crippen MR) is 114 cm³/mol. The zero-order valence-corrected chi connectivity index (χ0v) is 17.1. The smallest absolute Gasteiger partial charge is 0.271 e. The normalized spacial score (nSPS) is 13.2. The van der Waals surface area contributed by atoms with Crippen LogP contribution in [0, 0.1) is 12.7 Å². The predicted octanol–water partition coefficient (Wildman–Crippen LogP) is 4.10. The van der Waals surface area contributed by atoms with E-state index in [1.807, 2.05) is 19.1 Å². The number of hydrogen-bond donors (Lipinski definition) is 2. The fraction of sp³-hybridized carbons (Fsp3) is 0.190. The van der Waals surface area contributed by atoms with Crippen molar-refractivity contribution < 1.29 is 13.9 Å². The van der Waals surface area contributed by atoms with Crippen molar-refractivity contribution in [3.63, 3.8) is 0 Å². The second-order valence-electron chi connectivity index (χ2n) is 6.93. The van der Waals surface area contributed by atoms with E-state index in [1.54, 1.807) is 34.3 Å². The number of fused-ring (bicyclic) bond motifs is 2. The van der Waals surface area contributed by atoms with Crippen LogP contribution in [0.4, 0.5) is 15.8 Å². The molecule has 0 fully saturated rings. The number of halogens is 1. The fourth-order valence-electron chi connectivity index (χ4n) is 3.71. The van der Waals surface area contributed by atoms with E-state index in [9.17, 15) is 9.18 Å². The molecule has 4 aromatic rings. The number of rotatable bonds is 4. The lowest BCUT2D eigenvalue weighted by Gasteiger charge is -2.17. The number of pyridine rings is 1. The van der Waals surface area contributed by atoms with Gasteiger partial charge in [0.25, 0.3) is 5.91 Å². The molecule has 30 heavy (non-hydrogen) atoms. The first-order valence-corrected chi connectivity index (χ1v) is 10.2. The molecule has 1 aliphatic rings. The average molecular weight is 423 g/mol. The minimum absolute atomic E-state index is 0.0754. The summed E-state index contributed by atoms with van der Waals surface area (Å²) in [4.78, 5) is 18.3. The van der Waals surface area contributed by atoms with Gasteiger partial charge >= 0.3 is 0 Å². The standard InChI is InChI=1S/C21H18FN5O2S/c1-11-10-15-20(30-11)12(6-7-23-15)16-17(18-21(28)24-8-9-27(18)26-16)25-14-5-3-4-13(22)19(14)29-2/h3-7,10,25H,8-9H2,1-2H3,(H,24,28). The van der Waals surface area contributed by atoms with Gasteiger partial charge in [0.15, 0.2) is 11.6 Å². The van der Waals surface area contributed by atoms with Crippen molar-refractivity contribution >= 4 is 38.8 Å². The van der Waals surface area contributed by atoms with E-state index in [1.165, 1.54) is 13.2 Å². The highest BCUT2D eigenvalue weighted by Crippen LogP contribution is 2.41. The third-order valence-corrected chi connectivity index (χ3v) is 6.07. The molecule has 0 unspecified atom stereocenters. The van der Waals surface area contributed by atoms with Gasteiger partial charge in [-0.15, -0.1) is 11.3 Å². The summed E-state index contributed by atoms with van der Waals surface area (Å²) in [6.45, 7) is 3.08. The van der Waals surface area contributed by atoms with E-state index in [-0.39, 0.29) is 11.7 Å². The molecule has 0 saturated heterocycles. The van der Waals surface area contributed by atoms with Crippen LogP contribution in [0.1, 0.15) is 15.4 Å². The van der Waals surface area contributed by atoms with Crippen LogP contribution in [0.3, 0.4) is 0 Å². The summed E-state index contributed by atoms with van der Waals surface area (Å²) in [5.41, 5.74) is 3.68. The van der Waals surface area contributed by atoms with Gasteiger partial charge in [0.1, 0.15) is 11.4 Å². The molecule has 7 nitrogen and oxygen atoms in total. The molecular formula is C21H18FN5O2S. The van der Waals surface area contributed by atoms with Gasteiger partial charge in [-0.2, -0.15) is 5.10 Å². The lowest BCUT2D eigenvalue weighted by molar-refractivity contribution is 0.0925. The SMILES string of the molecule is COc1c(F)cccc1Nc1c(-c2ccnc3cc(C)sc23)nn2c1C(=O)NCC2. The minimum Gasteiger partial charge on any atom is -0.492 e. The van der Waals surface area contributed by atoms with Crippen LogP contribution < -0.4 is 15.4 Å². The molecule has 4 heterocycles. The lowest BCUT2D eigenvalue weighted by atomic mass is 10.1. The second-order valence-corrected chi connectivity index (χ2v) is 8.18. The molecule has 9 heteroatoms. The Hall–Kier alpha value is -3.46. The van der Waals surface area contributed by atoms with Crippen LogP contribution >= 0.6 is 11.3 Å². The van der Waals surface area contributed by atoms with Crippen molar-refractivity contribution in [3.05, 3.63) is 52.9 Å². The highest BCUT2D eigenvalue weighted by molar-refractivity contribution is 7.19. The Balaban J connectivity index is 1.75. The lowest BCUT2D eigenvalue weighted by Crippen LogP contribution is -2.35. The van der Waals surface area contributed by atoms with Gasteiger partial charge < -0.3 is 15.4 Å². The molecule has 3 aromatic heterocycles. The monoisotopic (exact) mass is 423 g/mol. The van der Waals surface area contributed by atoms with Gasteiger partial charge in [0, 0.05) is 23.2 Å². The second kappa shape index (κ2) is 7.10. The summed E-state index contributed by atoms with van der Waals surface area (Å²) in [6, 6.07) is 8.52. The first-order valence-electron chi connectivity index (χ1n) is 9.41. The van der Waals surface area contributed by atoms with Crippen LogP contribution in [-0.2, 0) is 6.54 Å². The maximum atomic E-state index is 14.3. The molecule has 5 rings (SSSR count). The topological polar surface area (TPSA) is 81.1 Å². The molecule has 0 atom stereocenters. The summed E-state index contributed by atoms with van der Waals surface area (Å²) in [5, 5.41) is 10.8. The van der Waals surface area contributed by atoms with Crippen molar-refractivity contribution in [2.24, 2.45) is 0 Å². The molecule has 152 valence electrons. The molecule has 1 amide bonds. The molecule has 1 aromatic carbocycles. The van der Waals surface area contributed by atoms with Gasteiger partial charge in [-0.1, -0.05) is 6.07 Å². The Morgan fingerprint density at radius 2 is 2.20 bits per heavy atom. The van der Waals surface area contributed by atoms with Gasteiger partial charge in [-0.3, -0.25) is 14.5 Å². The third kappa shape index (κ3) is 2.89. The first-order chi connectivity index (χ1) is 14.6. The Kier molecular flexibility index (Phi) is 4.39. The number of carbonyl (C=O) groups excluding carboxylic acids is 1. The number of carbonyl (C=O) groups is 1. The molecule has 2 N–H and O–H groups in total. The quantitative estimate of drug-likeness (QED) is 0.517. The van der Waals surface area contributed by atoms with E-state index >= 15 is 0 Å². The van der Waals surface area contributed by atoms with Crippen molar-refractivity contribution in [1.82, 2.24) is 20.1 Å². The molecule has 0 bridgehead atoms. The molecular weight excluding hydrogens is 405 g/mol. The van der Waals surface area contributed by atoms with E-state index < -0.39 is 5.82 Å². The van der Waals surface area contributed by atoms with Crippen LogP contribution in [0.5, 0.6) is 5.75 Å². The Labute approximate surface area is 175 Å². The molecule has 0 radical (unpaired) electrons. The number of methoxy groups -OCH3 is 1. The number of anilines is 2. The van der Waals surface area contributed by atoms with Crippen LogP contribution in [0.15, 0.2) is 36.5 Å². The van der Waals surface area contributed by atoms with E-state index in [0.717, 1.165) is 20.7 Å². The molecule has 0 aliphatic carbocycles. The minimum atomic E-state index is -0.491. The van der Waals surface area contributed by atoms with Gasteiger partial charge in [0.05, 0.1) is 35.2 Å². The summed E-state index contributed by atoms with van der Waals surface area (Å²) in [5.74, 6) is -0.647. The average Bonchev–Trinajstić information content (AvgIpc) is 3.28. The van der Waals surface area contributed by atoms with Crippen LogP contribution in [0.25, 0.3) is 21.5 Å². The van der Waals surface area contributed by atoms with E-state index in [2.05, 4.69) is 15.6 Å². The number of amides is 1. The largest absolute Gasteiger partial charge is 0.492 e. The third-order valence-electron chi connectivity index (χ3n) is 5.00. The number of aryl methyl sites for hydroxylation is 1.